The maximum Gasteiger partial charge on any atom is 0.141 e. The van der Waals surface area contributed by atoms with E-state index in [2.05, 4.69) is 121 Å². The molecule has 13 heteroatoms. The van der Waals surface area contributed by atoms with Crippen LogP contribution in [0, 0.1) is 11.8 Å². The van der Waals surface area contributed by atoms with Gasteiger partial charge in [0.2, 0.25) is 0 Å². The molecule has 4 fully saturated rings. The molecule has 0 unspecified atom stereocenters. The topological polar surface area (TPSA) is 115 Å². The lowest BCUT2D eigenvalue weighted by Gasteiger charge is -2.37. The Balaban J connectivity index is 0.741. The lowest BCUT2D eigenvalue weighted by atomic mass is 9.76. The van der Waals surface area contributed by atoms with Gasteiger partial charge in [-0.15, -0.1) is 5.10 Å². The van der Waals surface area contributed by atoms with Gasteiger partial charge < -0.3 is 23.8 Å². The van der Waals surface area contributed by atoms with E-state index in [9.17, 15) is 0 Å². The molecule has 4 aliphatic rings. The summed E-state index contributed by atoms with van der Waals surface area (Å²) in [4.78, 5) is 32.3. The summed E-state index contributed by atoms with van der Waals surface area (Å²) in [6.45, 7) is 13.2. The zero-order valence-electron chi connectivity index (χ0n) is 44.4. The average Bonchev–Trinajstić information content (AvgIpc) is 4.18. The molecule has 75 heavy (non-hydrogen) atoms. The van der Waals surface area contributed by atoms with E-state index in [-0.39, 0.29) is 0 Å². The second kappa shape index (κ2) is 24.0. The number of aromatic nitrogens is 10. The highest BCUT2D eigenvalue weighted by molar-refractivity contribution is 5.88. The minimum Gasteiger partial charge on any atom is -0.324 e. The number of fused-ring (bicyclic) bond motifs is 3. The Labute approximate surface area is 444 Å². The van der Waals surface area contributed by atoms with Crippen molar-refractivity contribution in [1.29, 1.82) is 0 Å². The Bertz CT molecular complexity index is 3060. The monoisotopic (exact) mass is 1010 g/mol. The first kappa shape index (κ1) is 50.0. The molecule has 8 heterocycles. The number of hydrogen-bond donors (Lipinski definition) is 0. The van der Waals surface area contributed by atoms with Gasteiger partial charge in [0.05, 0.1) is 27.6 Å². The minimum atomic E-state index is 0.461. The molecular formula is C62H79N13. The van der Waals surface area contributed by atoms with Crippen molar-refractivity contribution in [2.75, 3.05) is 58.9 Å². The Kier molecular flexibility index (Phi) is 16.0. The molecule has 392 valence electrons. The lowest BCUT2D eigenvalue weighted by Crippen LogP contribution is -2.37. The summed E-state index contributed by atoms with van der Waals surface area (Å²) >= 11 is 0. The van der Waals surface area contributed by atoms with Crippen molar-refractivity contribution in [1.82, 2.24) is 63.7 Å². The molecule has 3 aliphatic heterocycles. The molecule has 3 saturated heterocycles. The molecule has 13 nitrogen and oxygen atoms in total. The zero-order chi connectivity index (χ0) is 50.2. The summed E-state index contributed by atoms with van der Waals surface area (Å²) in [5, 5.41) is 9.36. The molecule has 0 bridgehead atoms. The highest BCUT2D eigenvalue weighted by Gasteiger charge is 2.28. The number of rotatable bonds is 20. The van der Waals surface area contributed by atoms with Gasteiger partial charge in [-0.05, 0) is 226 Å². The summed E-state index contributed by atoms with van der Waals surface area (Å²) in [5.74, 6) is 6.11. The van der Waals surface area contributed by atoms with Crippen LogP contribution < -0.4 is 0 Å². The van der Waals surface area contributed by atoms with Crippen molar-refractivity contribution in [2.45, 2.75) is 141 Å². The molecule has 0 amide bonds. The molecule has 1 aliphatic carbocycles. The molecule has 5 aromatic heterocycles. The fraction of sp³-hybridized carbons (Fsp3) is 0.532. The van der Waals surface area contributed by atoms with Gasteiger partial charge in [-0.2, -0.15) is 0 Å². The zero-order valence-corrected chi connectivity index (χ0v) is 44.4. The van der Waals surface area contributed by atoms with Gasteiger partial charge in [-0.3, -0.25) is 4.98 Å². The first-order chi connectivity index (χ1) is 37.2. The van der Waals surface area contributed by atoms with E-state index < -0.39 is 0 Å². The second-order valence-electron chi connectivity index (χ2n) is 22.7. The standard InChI is InChI=1S/C62H79N13/c1-2-13-47(14-3-1)49-23-39-71(40-24-49)35-8-11-38-75-59-46-53(17-19-55(59)68-69-75)62-67-56-45-52(18-20-58(56)74(62)37-10-7-34-72-43-27-51(28-44-72)60-64-29-12-30-65-60)61-66-54-15-4-5-16-57(54)73(61)36-9-6-33-70-41-25-50(26-42-70)48-21-31-63-32-22-48/h4-5,12,15-22,29-32,45-47,49-51H,1-3,6-11,13-14,23-28,33-44H2. The van der Waals surface area contributed by atoms with Crippen molar-refractivity contribution in [3.63, 3.8) is 0 Å². The second-order valence-corrected chi connectivity index (χ2v) is 22.7. The summed E-state index contributed by atoms with van der Waals surface area (Å²) in [6, 6.07) is 28.5. The number of para-hydroxylation sites is 2. The number of unbranched alkanes of at least 4 members (excludes halogenated alkanes) is 3. The number of aryl methyl sites for hydroxylation is 3. The number of hydrogen-bond acceptors (Lipinski definition) is 10. The van der Waals surface area contributed by atoms with E-state index in [1.807, 2.05) is 30.9 Å². The minimum absolute atomic E-state index is 0.461. The van der Waals surface area contributed by atoms with Crippen LogP contribution in [0.3, 0.4) is 0 Å². The van der Waals surface area contributed by atoms with E-state index >= 15 is 0 Å². The van der Waals surface area contributed by atoms with Gasteiger partial charge >= 0.3 is 0 Å². The summed E-state index contributed by atoms with van der Waals surface area (Å²) < 4.78 is 7.08. The van der Waals surface area contributed by atoms with Crippen LogP contribution in [0.2, 0.25) is 0 Å². The quantitative estimate of drug-likeness (QED) is 0.0684. The van der Waals surface area contributed by atoms with Crippen molar-refractivity contribution in [3.05, 3.63) is 115 Å². The Hall–Kier alpha value is -5.89. The van der Waals surface area contributed by atoms with Crippen molar-refractivity contribution >= 4 is 33.1 Å². The third-order valence-corrected chi connectivity index (χ3v) is 18.0. The van der Waals surface area contributed by atoms with E-state index in [4.69, 9.17) is 15.2 Å². The third kappa shape index (κ3) is 11.8. The molecule has 12 rings (SSSR count). The van der Waals surface area contributed by atoms with Gasteiger partial charge in [0.15, 0.2) is 0 Å². The van der Waals surface area contributed by atoms with Crippen LogP contribution in [0.1, 0.15) is 132 Å². The SMILES string of the molecule is c1cnc(C2CCN(CCCCn3c(-c4ccc5nnn(CCCCN6CCC(C7CCCCC7)CC6)c5c4)nc4cc(-c5nc6ccccc6n5CCCCN5CCC(c6ccncc6)CC5)ccc43)CC2)nc1. The average molecular weight is 1010 g/mol. The molecular weight excluding hydrogens is 927 g/mol. The lowest BCUT2D eigenvalue weighted by molar-refractivity contribution is 0.125. The Morgan fingerprint density at radius 2 is 0.987 bits per heavy atom. The van der Waals surface area contributed by atoms with Crippen LogP contribution in [-0.2, 0) is 19.6 Å². The van der Waals surface area contributed by atoms with Crippen LogP contribution in [-0.4, -0.2) is 123 Å². The van der Waals surface area contributed by atoms with Crippen LogP contribution >= 0.6 is 0 Å². The van der Waals surface area contributed by atoms with Crippen LogP contribution in [0.4, 0.5) is 0 Å². The van der Waals surface area contributed by atoms with Crippen molar-refractivity contribution in [3.8, 4) is 22.8 Å². The van der Waals surface area contributed by atoms with E-state index in [1.54, 1.807) is 0 Å². The number of imidazole rings is 2. The maximum atomic E-state index is 5.53. The van der Waals surface area contributed by atoms with Crippen LogP contribution in [0.25, 0.3) is 55.9 Å². The highest BCUT2D eigenvalue weighted by atomic mass is 15.4. The molecule has 0 spiro atoms. The summed E-state index contributed by atoms with van der Waals surface area (Å²) in [6.07, 6.45) is 29.2. The highest BCUT2D eigenvalue weighted by Crippen LogP contribution is 2.37. The first-order valence-corrected chi connectivity index (χ1v) is 29.3. The number of nitrogens with zero attached hydrogens (tertiary/aromatic N) is 13. The number of pyridine rings is 1. The van der Waals surface area contributed by atoms with Crippen molar-refractivity contribution < 1.29 is 0 Å². The normalized spacial score (nSPS) is 18.6. The van der Waals surface area contributed by atoms with Crippen molar-refractivity contribution in [2.24, 2.45) is 11.8 Å². The van der Waals surface area contributed by atoms with Gasteiger partial charge in [0, 0.05) is 61.5 Å². The Morgan fingerprint density at radius 1 is 0.427 bits per heavy atom. The fourth-order valence-corrected chi connectivity index (χ4v) is 13.6. The summed E-state index contributed by atoms with van der Waals surface area (Å²) in [5.41, 5.74) is 10.1. The largest absolute Gasteiger partial charge is 0.324 e. The molecule has 0 N–H and O–H groups in total. The predicted octanol–water partition coefficient (Wildman–Crippen LogP) is 12.0. The maximum absolute atomic E-state index is 5.53. The smallest absolute Gasteiger partial charge is 0.141 e. The number of benzene rings is 3. The van der Waals surface area contributed by atoms with E-state index in [1.165, 1.54) is 114 Å². The number of piperidine rings is 3. The Morgan fingerprint density at radius 3 is 1.68 bits per heavy atom. The van der Waals surface area contributed by atoms with Crippen LogP contribution in [0.5, 0.6) is 0 Å². The first-order valence-electron chi connectivity index (χ1n) is 29.3. The molecule has 0 radical (unpaired) electrons. The van der Waals surface area contributed by atoms with E-state index in [0.717, 1.165) is 153 Å². The molecule has 8 aromatic rings. The molecule has 0 atom stereocenters. The van der Waals surface area contributed by atoms with E-state index in [0.29, 0.717) is 11.8 Å². The third-order valence-electron chi connectivity index (χ3n) is 18.0. The number of likely N-dealkylation sites (tertiary alicyclic amines) is 3. The molecule has 1 saturated carbocycles. The van der Waals surface area contributed by atoms with Crippen LogP contribution in [0.15, 0.2) is 104 Å². The predicted molar refractivity (Wildman–Crippen MR) is 302 cm³/mol. The van der Waals surface area contributed by atoms with Gasteiger partial charge in [0.1, 0.15) is 23.0 Å². The van der Waals surface area contributed by atoms with Gasteiger partial charge in [0.25, 0.3) is 0 Å². The van der Waals surface area contributed by atoms with Gasteiger partial charge in [-0.1, -0.05) is 49.5 Å². The summed E-state index contributed by atoms with van der Waals surface area (Å²) in [7, 11) is 0. The fourth-order valence-electron chi connectivity index (χ4n) is 13.6. The molecule has 3 aromatic carbocycles. The van der Waals surface area contributed by atoms with Gasteiger partial charge in [-0.25, -0.2) is 24.6 Å².